The molecule has 1 atom stereocenters. The summed E-state index contributed by atoms with van der Waals surface area (Å²) in [6.45, 7) is 2.18. The summed E-state index contributed by atoms with van der Waals surface area (Å²) in [6.07, 6.45) is 0. The van der Waals surface area contributed by atoms with Gasteiger partial charge in [0.15, 0.2) is 11.0 Å². The van der Waals surface area contributed by atoms with Gasteiger partial charge in [0.25, 0.3) is 0 Å². The Kier molecular flexibility index (Phi) is 4.67. The summed E-state index contributed by atoms with van der Waals surface area (Å²) in [5.74, 6) is 1.69. The van der Waals surface area contributed by atoms with E-state index in [4.69, 9.17) is 4.74 Å². The van der Waals surface area contributed by atoms with Crippen molar-refractivity contribution in [2.75, 3.05) is 7.11 Å². The van der Waals surface area contributed by atoms with E-state index in [1.165, 1.54) is 5.56 Å². The Morgan fingerprint density at radius 1 is 1.00 bits per heavy atom. The molecule has 0 saturated carbocycles. The van der Waals surface area contributed by atoms with Gasteiger partial charge in [0.2, 0.25) is 0 Å². The minimum atomic E-state index is 0.322. The van der Waals surface area contributed by atoms with Gasteiger partial charge in [-0.25, -0.2) is 0 Å². The lowest BCUT2D eigenvalue weighted by molar-refractivity contribution is 0.415. The second kappa shape index (κ2) is 6.87. The topological polar surface area (TPSA) is 39.9 Å². The van der Waals surface area contributed by atoms with Gasteiger partial charge in [-0.1, -0.05) is 42.1 Å². The number of ether oxygens (including phenoxy) is 1. The smallest absolute Gasteiger partial charge is 0.191 e. The maximum atomic E-state index is 5.20. The van der Waals surface area contributed by atoms with Crippen molar-refractivity contribution < 1.29 is 4.74 Å². The second-order valence-corrected chi connectivity index (χ2v) is 6.57. The normalized spacial score (nSPS) is 12.1. The predicted octanol–water partition coefficient (Wildman–Crippen LogP) is 4.34. The summed E-state index contributed by atoms with van der Waals surface area (Å²) in [7, 11) is 3.66. The van der Waals surface area contributed by atoms with E-state index in [2.05, 4.69) is 41.4 Å². The zero-order chi connectivity index (χ0) is 16.2. The van der Waals surface area contributed by atoms with Gasteiger partial charge in [-0.15, -0.1) is 10.2 Å². The summed E-state index contributed by atoms with van der Waals surface area (Å²) in [5.41, 5.74) is 2.31. The molecule has 0 amide bonds. The van der Waals surface area contributed by atoms with E-state index in [1.807, 2.05) is 41.9 Å². The lowest BCUT2D eigenvalue weighted by atomic mass is 10.2. The fraction of sp³-hybridized carbons (Fsp3) is 0.222. The molecule has 5 heteroatoms. The maximum absolute atomic E-state index is 5.20. The van der Waals surface area contributed by atoms with Crippen LogP contribution in [0.15, 0.2) is 59.8 Å². The number of nitrogens with zero attached hydrogens (tertiary/aromatic N) is 3. The minimum Gasteiger partial charge on any atom is -0.497 e. The van der Waals surface area contributed by atoms with E-state index >= 15 is 0 Å². The fourth-order valence-corrected chi connectivity index (χ4v) is 3.30. The SMILES string of the molecule is COc1ccc(-c2nnc(SC(C)c3ccccc3)n2C)cc1. The first-order chi connectivity index (χ1) is 11.2. The summed E-state index contributed by atoms with van der Waals surface area (Å²) in [5, 5.41) is 9.92. The summed E-state index contributed by atoms with van der Waals surface area (Å²) < 4.78 is 7.23. The van der Waals surface area contributed by atoms with Crippen LogP contribution < -0.4 is 4.74 Å². The Morgan fingerprint density at radius 2 is 1.70 bits per heavy atom. The Balaban J connectivity index is 1.81. The van der Waals surface area contributed by atoms with E-state index in [1.54, 1.807) is 18.9 Å². The van der Waals surface area contributed by atoms with Crippen molar-refractivity contribution in [3.63, 3.8) is 0 Å². The van der Waals surface area contributed by atoms with Crippen LogP contribution in [0.2, 0.25) is 0 Å². The highest BCUT2D eigenvalue weighted by Gasteiger charge is 2.15. The van der Waals surface area contributed by atoms with E-state index in [0.717, 1.165) is 22.3 Å². The van der Waals surface area contributed by atoms with Crippen LogP contribution in [0, 0.1) is 0 Å². The molecular formula is C18H19N3OS. The Bertz CT molecular complexity index is 769. The van der Waals surface area contributed by atoms with Crippen molar-refractivity contribution in [3.8, 4) is 17.1 Å². The third-order valence-electron chi connectivity index (χ3n) is 3.73. The number of aromatic nitrogens is 3. The molecule has 2 aromatic carbocycles. The Labute approximate surface area is 140 Å². The number of methoxy groups -OCH3 is 1. The van der Waals surface area contributed by atoms with Crippen LogP contribution in [0.1, 0.15) is 17.7 Å². The molecule has 0 fully saturated rings. The molecule has 1 heterocycles. The molecule has 1 unspecified atom stereocenters. The molecule has 0 N–H and O–H groups in total. The maximum Gasteiger partial charge on any atom is 0.191 e. The van der Waals surface area contributed by atoms with E-state index in [0.29, 0.717) is 5.25 Å². The first-order valence-electron chi connectivity index (χ1n) is 7.44. The number of rotatable bonds is 5. The summed E-state index contributed by atoms with van der Waals surface area (Å²) in [4.78, 5) is 0. The number of benzene rings is 2. The molecule has 1 aromatic heterocycles. The summed E-state index contributed by atoms with van der Waals surface area (Å²) >= 11 is 1.71. The fourth-order valence-electron chi connectivity index (χ4n) is 2.36. The van der Waals surface area contributed by atoms with Crippen LogP contribution in [-0.2, 0) is 7.05 Å². The van der Waals surface area contributed by atoms with Crippen molar-refractivity contribution in [2.45, 2.75) is 17.3 Å². The van der Waals surface area contributed by atoms with Crippen LogP contribution in [0.4, 0.5) is 0 Å². The van der Waals surface area contributed by atoms with Gasteiger partial charge in [-0.2, -0.15) is 0 Å². The zero-order valence-electron chi connectivity index (χ0n) is 13.4. The first-order valence-corrected chi connectivity index (χ1v) is 8.32. The highest BCUT2D eigenvalue weighted by molar-refractivity contribution is 7.99. The third kappa shape index (κ3) is 3.40. The van der Waals surface area contributed by atoms with Crippen LogP contribution in [0.3, 0.4) is 0 Å². The third-order valence-corrected chi connectivity index (χ3v) is 4.93. The molecule has 0 aliphatic carbocycles. The highest BCUT2D eigenvalue weighted by atomic mass is 32.2. The van der Waals surface area contributed by atoms with Gasteiger partial charge in [0, 0.05) is 17.9 Å². The average molecular weight is 325 g/mol. The molecule has 3 rings (SSSR count). The molecule has 0 aliphatic heterocycles. The minimum absolute atomic E-state index is 0.322. The van der Waals surface area contributed by atoms with Gasteiger partial charge >= 0.3 is 0 Å². The van der Waals surface area contributed by atoms with Crippen molar-refractivity contribution in [1.82, 2.24) is 14.8 Å². The second-order valence-electron chi connectivity index (χ2n) is 5.26. The van der Waals surface area contributed by atoms with Gasteiger partial charge < -0.3 is 9.30 Å². The van der Waals surface area contributed by atoms with E-state index in [-0.39, 0.29) is 0 Å². The Hall–Kier alpha value is -2.27. The number of thioether (sulfide) groups is 1. The lowest BCUT2D eigenvalue weighted by Crippen LogP contribution is -1.97. The molecule has 0 radical (unpaired) electrons. The van der Waals surface area contributed by atoms with Gasteiger partial charge in [0.05, 0.1) is 7.11 Å². The first kappa shape index (κ1) is 15.6. The molecular weight excluding hydrogens is 306 g/mol. The van der Waals surface area contributed by atoms with Gasteiger partial charge in [-0.05, 0) is 36.8 Å². The molecule has 0 saturated heterocycles. The van der Waals surface area contributed by atoms with Crippen LogP contribution >= 0.6 is 11.8 Å². The predicted molar refractivity (Wildman–Crippen MR) is 93.7 cm³/mol. The monoisotopic (exact) mass is 325 g/mol. The molecule has 0 spiro atoms. The molecule has 4 nitrogen and oxygen atoms in total. The quantitative estimate of drug-likeness (QED) is 0.654. The van der Waals surface area contributed by atoms with Crippen LogP contribution in [0.5, 0.6) is 5.75 Å². The summed E-state index contributed by atoms with van der Waals surface area (Å²) in [6, 6.07) is 18.3. The molecule has 0 bridgehead atoms. The Morgan fingerprint density at radius 3 is 2.35 bits per heavy atom. The van der Waals surface area contributed by atoms with Crippen LogP contribution in [0.25, 0.3) is 11.4 Å². The van der Waals surface area contributed by atoms with Crippen molar-refractivity contribution in [3.05, 3.63) is 60.2 Å². The molecule has 23 heavy (non-hydrogen) atoms. The zero-order valence-corrected chi connectivity index (χ0v) is 14.2. The molecule has 0 aliphatic rings. The van der Waals surface area contributed by atoms with E-state index < -0.39 is 0 Å². The van der Waals surface area contributed by atoms with Gasteiger partial charge in [0.1, 0.15) is 5.75 Å². The number of hydrogen-bond acceptors (Lipinski definition) is 4. The van der Waals surface area contributed by atoms with Crippen molar-refractivity contribution >= 4 is 11.8 Å². The molecule has 118 valence electrons. The highest BCUT2D eigenvalue weighted by Crippen LogP contribution is 2.34. The standard InChI is InChI=1S/C18H19N3OS/c1-13(14-7-5-4-6-8-14)23-18-20-19-17(21(18)2)15-9-11-16(22-3)12-10-15/h4-13H,1-3H3. The molecule has 3 aromatic rings. The van der Waals surface area contributed by atoms with Crippen LogP contribution in [-0.4, -0.2) is 21.9 Å². The van der Waals surface area contributed by atoms with Gasteiger partial charge in [-0.3, -0.25) is 0 Å². The number of hydrogen-bond donors (Lipinski definition) is 0. The largest absolute Gasteiger partial charge is 0.497 e. The van der Waals surface area contributed by atoms with Crippen molar-refractivity contribution in [1.29, 1.82) is 0 Å². The van der Waals surface area contributed by atoms with Crippen molar-refractivity contribution in [2.24, 2.45) is 7.05 Å². The van der Waals surface area contributed by atoms with E-state index in [9.17, 15) is 0 Å². The average Bonchev–Trinajstić information content (AvgIpc) is 2.96. The lowest BCUT2D eigenvalue weighted by Gasteiger charge is -2.11.